The summed E-state index contributed by atoms with van der Waals surface area (Å²) >= 11 is 0. The first-order valence-corrected chi connectivity index (χ1v) is 15.8. The van der Waals surface area contributed by atoms with E-state index in [4.69, 9.17) is 9.72 Å². The molecular weight excluding hydrogens is 557 g/mol. The Kier molecular flexibility index (Phi) is 7.04. The number of aryl methyl sites for hydroxylation is 1. The van der Waals surface area contributed by atoms with Crippen LogP contribution in [0.4, 0.5) is 8.78 Å². The molecule has 2 aromatic carbocycles. The lowest BCUT2D eigenvalue weighted by atomic mass is 9.41. The van der Waals surface area contributed by atoms with E-state index < -0.39 is 27.5 Å². The fourth-order valence-corrected chi connectivity index (χ4v) is 6.77. The molecule has 1 aliphatic rings. The lowest BCUT2D eigenvalue weighted by Crippen LogP contribution is -2.28. The molecule has 0 aliphatic carbocycles. The Hall–Kier alpha value is -3.51. The van der Waals surface area contributed by atoms with Gasteiger partial charge in [0.1, 0.15) is 11.6 Å². The molecule has 1 saturated heterocycles. The average Bonchev–Trinajstić information content (AvgIpc) is 3.48. The molecule has 14 heteroatoms. The van der Waals surface area contributed by atoms with Crippen LogP contribution in [0.1, 0.15) is 30.1 Å². The molecule has 1 aliphatic heterocycles. The second-order valence-electron chi connectivity index (χ2n) is 12.1. The summed E-state index contributed by atoms with van der Waals surface area (Å²) < 4.78 is 66.1. The number of sulfone groups is 1. The van der Waals surface area contributed by atoms with Gasteiger partial charge < -0.3 is 9.30 Å². The van der Waals surface area contributed by atoms with Crippen LogP contribution in [0.15, 0.2) is 53.6 Å². The van der Waals surface area contributed by atoms with E-state index in [1.807, 2.05) is 34.2 Å². The van der Waals surface area contributed by atoms with Crippen molar-refractivity contribution < 1.29 is 21.9 Å². The van der Waals surface area contributed by atoms with Gasteiger partial charge in [0.15, 0.2) is 9.84 Å². The number of ether oxygens (including phenoxy) is 1. The second-order valence-corrected chi connectivity index (χ2v) is 14.1. The molecule has 0 amide bonds. The van der Waals surface area contributed by atoms with Gasteiger partial charge in [0.2, 0.25) is 0 Å². The van der Waals surface area contributed by atoms with Crippen molar-refractivity contribution in [2.45, 2.75) is 28.9 Å². The number of benzene rings is 2. The van der Waals surface area contributed by atoms with Gasteiger partial charge in [-0.2, -0.15) is 0 Å². The van der Waals surface area contributed by atoms with Crippen LogP contribution >= 0.6 is 0 Å². The smallest absolute Gasteiger partial charge is 0.175 e. The van der Waals surface area contributed by atoms with E-state index in [0.29, 0.717) is 53.7 Å². The fraction of sp³-hybridized carbons (Fsp3) is 0.321. The minimum Gasteiger partial charge on any atom is -0.381 e. The highest BCUT2D eigenvalue weighted by atomic mass is 32.2. The molecule has 0 radical (unpaired) electrons. The first kappa shape index (κ1) is 28.6. The van der Waals surface area contributed by atoms with Crippen molar-refractivity contribution in [1.82, 2.24) is 24.5 Å². The Morgan fingerprint density at radius 1 is 1.05 bits per heavy atom. The molecule has 3 aromatic heterocycles. The Bertz CT molecular complexity index is 1950. The van der Waals surface area contributed by atoms with E-state index in [-0.39, 0.29) is 21.3 Å². The number of rotatable bonds is 6. The van der Waals surface area contributed by atoms with Crippen molar-refractivity contribution in [3.63, 3.8) is 0 Å². The third kappa shape index (κ3) is 4.84. The number of aromatic nitrogens is 5. The second kappa shape index (κ2) is 10.3. The molecular formula is C28H30B3F2N5O3S. The number of fused-ring (bicyclic) bond motifs is 3. The normalized spacial score (nSPS) is 15.9. The zero-order chi connectivity index (χ0) is 30.0. The molecule has 214 valence electrons. The summed E-state index contributed by atoms with van der Waals surface area (Å²) in [5, 5.41) is 8.56. The van der Waals surface area contributed by atoms with Crippen LogP contribution in [0.25, 0.3) is 33.2 Å². The largest absolute Gasteiger partial charge is 0.381 e. The van der Waals surface area contributed by atoms with E-state index in [0.717, 1.165) is 23.7 Å². The minimum absolute atomic E-state index is 0.0634. The van der Waals surface area contributed by atoms with E-state index in [1.165, 1.54) is 12.1 Å². The van der Waals surface area contributed by atoms with Crippen LogP contribution in [-0.2, 0) is 26.7 Å². The fourth-order valence-electron chi connectivity index (χ4n) is 6.13. The number of nitrogens with zero attached hydrogens (tertiary/aromatic N) is 5. The summed E-state index contributed by atoms with van der Waals surface area (Å²) in [5.74, 6) is -1.15. The van der Waals surface area contributed by atoms with Gasteiger partial charge >= 0.3 is 0 Å². The van der Waals surface area contributed by atoms with Crippen LogP contribution in [0, 0.1) is 17.6 Å². The molecule has 4 heterocycles. The Labute approximate surface area is 245 Å². The van der Waals surface area contributed by atoms with Crippen molar-refractivity contribution in [3.8, 4) is 11.3 Å². The SMILES string of the molecule is BC(B)(B)c1nnn(C)c1-c1cnc2c3c(F)cc(S(C)(=O)=O)cc3n([C@H](c3ccccc3F)C3CCOCC3)c2c1. The molecule has 42 heavy (non-hydrogen) atoms. The molecule has 0 spiro atoms. The van der Waals surface area contributed by atoms with Gasteiger partial charge in [-0.05, 0) is 43.0 Å². The number of hydrogen-bond donors (Lipinski definition) is 0. The topological polar surface area (TPSA) is 91.9 Å². The van der Waals surface area contributed by atoms with Crippen molar-refractivity contribution in [3.05, 3.63) is 71.6 Å². The summed E-state index contributed by atoms with van der Waals surface area (Å²) in [6.07, 6.45) is 4.02. The van der Waals surface area contributed by atoms with Gasteiger partial charge in [-0.15, -0.1) is 5.10 Å². The highest BCUT2D eigenvalue weighted by Gasteiger charge is 2.33. The maximum atomic E-state index is 15.9. The molecule has 1 fully saturated rings. The van der Waals surface area contributed by atoms with Gasteiger partial charge in [0.05, 0.1) is 67.8 Å². The third-order valence-electron chi connectivity index (χ3n) is 8.12. The minimum atomic E-state index is -3.75. The van der Waals surface area contributed by atoms with Crippen LogP contribution in [0.5, 0.6) is 0 Å². The summed E-state index contributed by atoms with van der Waals surface area (Å²) in [6, 6.07) is 10.4. The number of pyridine rings is 1. The van der Waals surface area contributed by atoms with E-state index in [2.05, 4.69) is 10.3 Å². The molecule has 6 rings (SSSR count). The molecule has 0 saturated carbocycles. The third-order valence-corrected chi connectivity index (χ3v) is 9.21. The highest BCUT2D eigenvalue weighted by Crippen LogP contribution is 2.43. The van der Waals surface area contributed by atoms with Gasteiger partial charge in [0.25, 0.3) is 0 Å². The molecule has 0 bridgehead atoms. The summed E-state index contributed by atoms with van der Waals surface area (Å²) in [7, 11) is 4.19. The van der Waals surface area contributed by atoms with Gasteiger partial charge in [0, 0.05) is 43.8 Å². The van der Waals surface area contributed by atoms with Crippen LogP contribution in [0.2, 0.25) is 0 Å². The average molecular weight is 587 g/mol. The summed E-state index contributed by atoms with van der Waals surface area (Å²) in [4.78, 5) is 4.60. The van der Waals surface area contributed by atoms with Crippen LogP contribution < -0.4 is 0 Å². The first-order chi connectivity index (χ1) is 19.9. The quantitative estimate of drug-likeness (QED) is 0.281. The predicted molar refractivity (Wildman–Crippen MR) is 166 cm³/mol. The molecule has 0 N–H and O–H groups in total. The van der Waals surface area contributed by atoms with Crippen molar-refractivity contribution in [2.75, 3.05) is 19.5 Å². The molecule has 1 atom stereocenters. The van der Waals surface area contributed by atoms with Crippen molar-refractivity contribution >= 4 is 55.3 Å². The standard InChI is InChI=1S/C28H30B3F2N5O3S/c1-37-26(27(35-36-37)28(29,30)31)16-11-22-24(34-14-16)23-20(33)12-17(42(2,39)40)13-21(23)38(22)25(15-7-9-41-10-8-15)18-5-3-4-6-19(18)32/h3-6,11-15,25H,7-10,29-31H2,1-2H3/t25-/m0/s1. The zero-order valence-electron chi connectivity index (χ0n) is 24.2. The van der Waals surface area contributed by atoms with Crippen LogP contribution in [-0.4, -0.2) is 76.0 Å². The van der Waals surface area contributed by atoms with Gasteiger partial charge in [-0.25, -0.2) is 21.9 Å². The van der Waals surface area contributed by atoms with Crippen molar-refractivity contribution in [1.29, 1.82) is 0 Å². The molecule has 5 aromatic rings. The predicted octanol–water partition coefficient (Wildman–Crippen LogP) is 1.69. The van der Waals surface area contributed by atoms with E-state index >= 15 is 8.78 Å². The van der Waals surface area contributed by atoms with Gasteiger partial charge in [-0.1, -0.05) is 28.5 Å². The van der Waals surface area contributed by atoms with E-state index in [9.17, 15) is 8.42 Å². The summed E-state index contributed by atoms with van der Waals surface area (Å²) in [6.45, 7) is 1.02. The van der Waals surface area contributed by atoms with Crippen LogP contribution in [0.3, 0.4) is 0 Å². The Morgan fingerprint density at radius 2 is 1.76 bits per heavy atom. The Balaban J connectivity index is 1.75. The lowest BCUT2D eigenvalue weighted by molar-refractivity contribution is 0.0548. The molecule has 8 nitrogen and oxygen atoms in total. The zero-order valence-corrected chi connectivity index (χ0v) is 25.0. The Morgan fingerprint density at radius 3 is 2.43 bits per heavy atom. The monoisotopic (exact) mass is 587 g/mol. The lowest BCUT2D eigenvalue weighted by Gasteiger charge is -2.33. The maximum absolute atomic E-state index is 15.9. The maximum Gasteiger partial charge on any atom is 0.175 e. The first-order valence-electron chi connectivity index (χ1n) is 13.9. The number of halogens is 2. The highest BCUT2D eigenvalue weighted by molar-refractivity contribution is 7.90. The molecule has 0 unspecified atom stereocenters. The van der Waals surface area contributed by atoms with Crippen molar-refractivity contribution in [2.24, 2.45) is 13.0 Å². The number of hydrogen-bond acceptors (Lipinski definition) is 6. The van der Waals surface area contributed by atoms with E-state index in [1.54, 1.807) is 36.1 Å². The van der Waals surface area contributed by atoms with Gasteiger partial charge in [-0.3, -0.25) is 4.98 Å². The summed E-state index contributed by atoms with van der Waals surface area (Å²) in [5.41, 5.74) is 3.96.